The molecule has 2 nitrogen and oxygen atoms in total. The Hall–Kier alpha value is -1.67. The van der Waals surface area contributed by atoms with Crippen molar-refractivity contribution in [2.24, 2.45) is 0 Å². The third-order valence-corrected chi connectivity index (χ3v) is 4.71. The molecule has 0 aliphatic heterocycles. The van der Waals surface area contributed by atoms with Crippen molar-refractivity contribution in [3.63, 3.8) is 0 Å². The number of benzene rings is 1. The van der Waals surface area contributed by atoms with Gasteiger partial charge in [0.1, 0.15) is 5.60 Å². The average molecular weight is 270 g/mol. The highest BCUT2D eigenvalue weighted by atomic mass is 16.5. The molecule has 0 N–H and O–H groups in total. The number of allylic oxidation sites excluding steroid dienone is 2. The molecule has 0 radical (unpaired) electrons. The fraction of sp³-hybridized carbons (Fsp3) is 0.389. The summed E-state index contributed by atoms with van der Waals surface area (Å²) < 4.78 is 5.73. The molecule has 0 saturated carbocycles. The summed E-state index contributed by atoms with van der Waals surface area (Å²) in [5, 5.41) is 0. The smallest absolute Gasteiger partial charge is 0.167 e. The lowest BCUT2D eigenvalue weighted by molar-refractivity contribution is 0.0668. The highest BCUT2D eigenvalue weighted by molar-refractivity contribution is 5.98. The van der Waals surface area contributed by atoms with Gasteiger partial charge in [-0.05, 0) is 50.0 Å². The van der Waals surface area contributed by atoms with Crippen LogP contribution in [0.2, 0.25) is 0 Å². The minimum Gasteiger partial charge on any atom is -0.370 e. The van der Waals surface area contributed by atoms with Gasteiger partial charge in [-0.1, -0.05) is 30.3 Å². The summed E-state index contributed by atoms with van der Waals surface area (Å²) in [5.41, 5.74) is 5.03. The van der Waals surface area contributed by atoms with E-state index in [2.05, 4.69) is 27.7 Å². The standard InChI is InChI=1S/C18H22O2/c1-12-13(2)16(18(4,20-5)14(12)3)11-17(19)15-9-7-6-8-10-15/h6-10H,11H2,1-5H3. The summed E-state index contributed by atoms with van der Waals surface area (Å²) in [6.07, 6.45) is 0.412. The topological polar surface area (TPSA) is 26.3 Å². The van der Waals surface area contributed by atoms with E-state index in [1.54, 1.807) is 7.11 Å². The van der Waals surface area contributed by atoms with Gasteiger partial charge in [-0.25, -0.2) is 0 Å². The minimum atomic E-state index is -0.446. The molecule has 1 aromatic rings. The second kappa shape index (κ2) is 5.37. The predicted molar refractivity (Wildman–Crippen MR) is 81.9 cm³/mol. The number of hydrogen-bond acceptors (Lipinski definition) is 2. The summed E-state index contributed by atoms with van der Waals surface area (Å²) >= 11 is 0. The van der Waals surface area contributed by atoms with Crippen molar-refractivity contribution in [3.8, 4) is 0 Å². The molecule has 0 heterocycles. The van der Waals surface area contributed by atoms with Gasteiger partial charge in [-0.15, -0.1) is 0 Å². The van der Waals surface area contributed by atoms with Crippen LogP contribution in [-0.4, -0.2) is 18.5 Å². The first-order chi connectivity index (χ1) is 9.41. The van der Waals surface area contributed by atoms with Gasteiger partial charge in [-0.3, -0.25) is 4.79 Å². The predicted octanol–water partition coefficient (Wildman–Crippen LogP) is 4.33. The second-order valence-electron chi connectivity index (χ2n) is 5.56. The number of rotatable bonds is 4. The van der Waals surface area contributed by atoms with E-state index < -0.39 is 5.60 Å². The number of carbonyl (C=O) groups is 1. The number of ketones is 1. The largest absolute Gasteiger partial charge is 0.370 e. The Morgan fingerprint density at radius 1 is 1.10 bits per heavy atom. The van der Waals surface area contributed by atoms with Crippen molar-refractivity contribution < 1.29 is 9.53 Å². The SMILES string of the molecule is COC1(C)C(C)=C(C)C(C)=C1CC(=O)c1ccccc1. The van der Waals surface area contributed by atoms with Crippen molar-refractivity contribution in [1.29, 1.82) is 0 Å². The Bertz CT molecular complexity index is 593. The molecule has 1 aromatic carbocycles. The maximum atomic E-state index is 12.5. The number of carbonyl (C=O) groups excluding carboxylic acids is 1. The van der Waals surface area contributed by atoms with E-state index in [-0.39, 0.29) is 5.78 Å². The zero-order valence-corrected chi connectivity index (χ0v) is 12.9. The lowest BCUT2D eigenvalue weighted by atomic mass is 9.87. The molecule has 2 rings (SSSR count). The molecule has 0 saturated heterocycles. The van der Waals surface area contributed by atoms with Crippen LogP contribution in [0.4, 0.5) is 0 Å². The van der Waals surface area contributed by atoms with Crippen molar-refractivity contribution in [1.82, 2.24) is 0 Å². The van der Waals surface area contributed by atoms with Crippen LogP contribution in [-0.2, 0) is 4.74 Å². The van der Waals surface area contributed by atoms with Crippen LogP contribution < -0.4 is 0 Å². The molecule has 1 atom stereocenters. The zero-order valence-electron chi connectivity index (χ0n) is 12.9. The van der Waals surface area contributed by atoms with Crippen LogP contribution in [0, 0.1) is 0 Å². The number of methoxy groups -OCH3 is 1. The highest BCUT2D eigenvalue weighted by Crippen LogP contribution is 2.44. The molecule has 2 heteroatoms. The zero-order chi connectivity index (χ0) is 14.9. The molecule has 0 aromatic heterocycles. The number of hydrogen-bond donors (Lipinski definition) is 0. The Balaban J connectivity index is 2.32. The quantitative estimate of drug-likeness (QED) is 0.761. The summed E-state index contributed by atoms with van der Waals surface area (Å²) in [7, 11) is 1.71. The van der Waals surface area contributed by atoms with Crippen LogP contribution in [0.5, 0.6) is 0 Å². The molecule has 0 bridgehead atoms. The molecule has 0 amide bonds. The van der Waals surface area contributed by atoms with E-state index in [0.717, 1.165) is 11.1 Å². The van der Waals surface area contributed by atoms with Gasteiger partial charge >= 0.3 is 0 Å². The van der Waals surface area contributed by atoms with Crippen LogP contribution in [0.25, 0.3) is 0 Å². The van der Waals surface area contributed by atoms with Crippen LogP contribution in [0.1, 0.15) is 44.5 Å². The van der Waals surface area contributed by atoms with Gasteiger partial charge in [-0.2, -0.15) is 0 Å². The Morgan fingerprint density at radius 3 is 2.25 bits per heavy atom. The fourth-order valence-corrected chi connectivity index (χ4v) is 2.91. The third-order valence-electron chi connectivity index (χ3n) is 4.71. The fourth-order valence-electron chi connectivity index (χ4n) is 2.91. The van der Waals surface area contributed by atoms with E-state index in [9.17, 15) is 4.79 Å². The minimum absolute atomic E-state index is 0.144. The molecule has 106 valence electrons. The van der Waals surface area contributed by atoms with Gasteiger partial charge in [0.05, 0.1) is 0 Å². The molecular weight excluding hydrogens is 248 g/mol. The van der Waals surface area contributed by atoms with E-state index in [1.807, 2.05) is 30.3 Å². The van der Waals surface area contributed by atoms with E-state index in [0.29, 0.717) is 6.42 Å². The first kappa shape index (κ1) is 14.7. The van der Waals surface area contributed by atoms with Crippen LogP contribution >= 0.6 is 0 Å². The maximum Gasteiger partial charge on any atom is 0.167 e. The molecule has 1 aliphatic carbocycles. The molecule has 1 aliphatic rings. The normalized spacial score (nSPS) is 22.6. The number of ether oxygens (including phenoxy) is 1. The van der Waals surface area contributed by atoms with Crippen molar-refractivity contribution in [2.75, 3.05) is 7.11 Å². The van der Waals surface area contributed by atoms with E-state index in [4.69, 9.17) is 4.74 Å². The first-order valence-corrected chi connectivity index (χ1v) is 6.93. The summed E-state index contributed by atoms with van der Waals surface area (Å²) in [5.74, 6) is 0.144. The Kier molecular flexibility index (Phi) is 3.96. The summed E-state index contributed by atoms with van der Waals surface area (Å²) in [6, 6.07) is 9.45. The lowest BCUT2D eigenvalue weighted by Gasteiger charge is -2.29. The van der Waals surface area contributed by atoms with E-state index >= 15 is 0 Å². The highest BCUT2D eigenvalue weighted by Gasteiger charge is 2.39. The molecule has 0 fully saturated rings. The van der Waals surface area contributed by atoms with Gasteiger partial charge in [0.15, 0.2) is 5.78 Å². The maximum absolute atomic E-state index is 12.5. The summed E-state index contributed by atoms with van der Waals surface area (Å²) in [4.78, 5) is 12.5. The van der Waals surface area contributed by atoms with E-state index in [1.165, 1.54) is 16.7 Å². The third kappa shape index (κ3) is 2.25. The van der Waals surface area contributed by atoms with Gasteiger partial charge in [0.2, 0.25) is 0 Å². The van der Waals surface area contributed by atoms with Crippen molar-refractivity contribution in [2.45, 2.75) is 39.7 Å². The van der Waals surface area contributed by atoms with Crippen LogP contribution in [0.15, 0.2) is 52.6 Å². The van der Waals surface area contributed by atoms with Gasteiger partial charge in [0.25, 0.3) is 0 Å². The monoisotopic (exact) mass is 270 g/mol. The lowest BCUT2D eigenvalue weighted by Crippen LogP contribution is -2.30. The first-order valence-electron chi connectivity index (χ1n) is 6.93. The molecular formula is C18H22O2. The van der Waals surface area contributed by atoms with Crippen molar-refractivity contribution >= 4 is 5.78 Å². The number of Topliss-reactive ketones (excluding diaryl/α,β-unsaturated/α-hetero) is 1. The van der Waals surface area contributed by atoms with Crippen molar-refractivity contribution in [3.05, 3.63) is 58.2 Å². The van der Waals surface area contributed by atoms with Crippen LogP contribution in [0.3, 0.4) is 0 Å². The second-order valence-corrected chi connectivity index (χ2v) is 5.56. The Morgan fingerprint density at radius 2 is 1.70 bits per heavy atom. The molecule has 20 heavy (non-hydrogen) atoms. The molecule has 0 spiro atoms. The van der Waals surface area contributed by atoms with Gasteiger partial charge in [0, 0.05) is 19.1 Å². The van der Waals surface area contributed by atoms with Gasteiger partial charge < -0.3 is 4.74 Å². The average Bonchev–Trinajstić information content (AvgIpc) is 2.64. The summed E-state index contributed by atoms with van der Waals surface area (Å²) in [6.45, 7) is 8.32. The Labute approximate surface area is 121 Å². The molecule has 1 unspecified atom stereocenters.